The van der Waals surface area contributed by atoms with Crippen molar-refractivity contribution in [3.63, 3.8) is 0 Å². The Bertz CT molecular complexity index is 2010. The molecule has 0 bridgehead atoms. The van der Waals surface area contributed by atoms with Gasteiger partial charge in [-0.1, -0.05) is 91.0 Å². The molecule has 8 nitrogen and oxygen atoms in total. The summed E-state index contributed by atoms with van der Waals surface area (Å²) in [7, 11) is 0. The van der Waals surface area contributed by atoms with Crippen LogP contribution in [0.3, 0.4) is 0 Å². The van der Waals surface area contributed by atoms with Gasteiger partial charge in [0.25, 0.3) is 5.91 Å². The molecule has 2 aromatic heterocycles. The minimum atomic E-state index is -3.01. The van der Waals surface area contributed by atoms with E-state index in [9.17, 15) is 13.6 Å². The lowest BCUT2D eigenvalue weighted by Crippen LogP contribution is -2.57. The van der Waals surface area contributed by atoms with E-state index in [1.807, 2.05) is 87.6 Å². The van der Waals surface area contributed by atoms with Gasteiger partial charge in [-0.3, -0.25) is 9.89 Å². The topological polar surface area (TPSA) is 96.3 Å². The maximum absolute atomic E-state index is 14.3. The summed E-state index contributed by atoms with van der Waals surface area (Å²) >= 11 is 0. The first kappa shape index (κ1) is 30.9. The Morgan fingerprint density at radius 2 is 1.44 bits per heavy atom. The molecule has 242 valence electrons. The van der Waals surface area contributed by atoms with E-state index >= 15 is 0 Å². The molecule has 0 saturated heterocycles. The zero-order valence-corrected chi connectivity index (χ0v) is 26.6. The van der Waals surface area contributed by atoms with Crippen LogP contribution in [0.5, 0.6) is 5.75 Å². The number of fused-ring (bicyclic) bond motifs is 2. The summed E-state index contributed by atoms with van der Waals surface area (Å²) in [5, 5.41) is 14.5. The molecule has 0 aliphatic carbocycles. The average Bonchev–Trinajstić information content (AvgIpc) is 3.70. The van der Waals surface area contributed by atoms with Crippen LogP contribution in [0.25, 0.3) is 10.9 Å². The average molecular weight is 645 g/mol. The molecule has 0 fully saturated rings. The van der Waals surface area contributed by atoms with Crippen molar-refractivity contribution in [1.82, 2.24) is 20.1 Å². The summed E-state index contributed by atoms with van der Waals surface area (Å²) in [4.78, 5) is 19.4. The van der Waals surface area contributed by atoms with Gasteiger partial charge in [-0.05, 0) is 61.7 Å². The van der Waals surface area contributed by atoms with Crippen LogP contribution in [0.15, 0.2) is 126 Å². The van der Waals surface area contributed by atoms with Crippen molar-refractivity contribution in [1.29, 1.82) is 0 Å². The number of hydrogen-bond acceptors (Lipinski definition) is 5. The number of amides is 1. The third-order valence-electron chi connectivity index (χ3n) is 8.49. The zero-order valence-electron chi connectivity index (χ0n) is 26.6. The number of nitrogens with one attached hydrogen (secondary N) is 3. The van der Waals surface area contributed by atoms with Crippen LogP contribution in [0.2, 0.25) is 0 Å². The van der Waals surface area contributed by atoms with Gasteiger partial charge in [-0.25, -0.2) is 4.99 Å². The van der Waals surface area contributed by atoms with E-state index in [0.29, 0.717) is 22.4 Å². The number of aromatic amines is 1. The van der Waals surface area contributed by atoms with Crippen LogP contribution in [-0.2, 0) is 15.9 Å². The van der Waals surface area contributed by atoms with Crippen molar-refractivity contribution in [2.75, 3.05) is 5.32 Å². The van der Waals surface area contributed by atoms with Crippen molar-refractivity contribution in [2.24, 2.45) is 4.99 Å². The highest BCUT2D eigenvalue weighted by Crippen LogP contribution is 2.48. The van der Waals surface area contributed by atoms with E-state index in [1.165, 1.54) is 12.1 Å². The highest BCUT2D eigenvalue weighted by Gasteiger charge is 2.48. The number of nitrogens with zero attached hydrogens (tertiary/aromatic N) is 3. The summed E-state index contributed by atoms with van der Waals surface area (Å²) in [6.07, 6.45) is 3.52. The molecule has 3 heterocycles. The summed E-state index contributed by atoms with van der Waals surface area (Å²) in [6.45, 7) is 2.63. The molecular weight excluding hydrogens is 610 g/mol. The molecule has 6 aromatic rings. The molecule has 48 heavy (non-hydrogen) atoms. The van der Waals surface area contributed by atoms with Crippen molar-refractivity contribution < 1.29 is 18.3 Å². The van der Waals surface area contributed by atoms with Gasteiger partial charge in [0.1, 0.15) is 17.0 Å². The molecule has 4 aromatic carbocycles. The summed E-state index contributed by atoms with van der Waals surface area (Å²) < 4.78 is 33.2. The second kappa shape index (κ2) is 11.8. The zero-order chi connectivity index (χ0) is 33.5. The molecular formula is C38H34F2N6O2. The minimum absolute atomic E-state index is 0.0514. The minimum Gasteiger partial charge on any atom is -0.435 e. The summed E-state index contributed by atoms with van der Waals surface area (Å²) in [5.74, 6) is 0.128. The molecule has 1 atom stereocenters. The van der Waals surface area contributed by atoms with E-state index in [2.05, 4.69) is 61.8 Å². The first-order valence-electron chi connectivity index (χ1n) is 15.6. The number of benzene rings is 4. The molecule has 0 saturated carbocycles. The van der Waals surface area contributed by atoms with Gasteiger partial charge in [0.15, 0.2) is 11.4 Å². The number of alkyl halides is 2. The van der Waals surface area contributed by atoms with Crippen molar-refractivity contribution in [3.8, 4) is 5.75 Å². The fourth-order valence-corrected chi connectivity index (χ4v) is 6.53. The highest BCUT2D eigenvalue weighted by atomic mass is 19.3. The summed E-state index contributed by atoms with van der Waals surface area (Å²) in [6, 6.07) is 37.0. The Morgan fingerprint density at radius 3 is 1.98 bits per heavy atom. The van der Waals surface area contributed by atoms with E-state index < -0.39 is 29.1 Å². The van der Waals surface area contributed by atoms with Crippen LogP contribution in [-0.4, -0.2) is 39.0 Å². The Kier molecular flexibility index (Phi) is 7.58. The van der Waals surface area contributed by atoms with Crippen LogP contribution in [0, 0.1) is 0 Å². The van der Waals surface area contributed by atoms with Crippen LogP contribution in [0.4, 0.5) is 20.3 Å². The Balaban J connectivity index is 1.45. The number of anilines is 1. The van der Waals surface area contributed by atoms with Crippen LogP contribution in [0.1, 0.15) is 43.2 Å². The first-order chi connectivity index (χ1) is 23.1. The maximum Gasteiger partial charge on any atom is 0.387 e. The number of halogens is 2. The number of carbonyl (C=O) groups is 1. The van der Waals surface area contributed by atoms with Gasteiger partial charge in [0.2, 0.25) is 0 Å². The number of carbonyl (C=O) groups excluding carboxylic acids is 1. The Labute approximate surface area is 276 Å². The standard InChI is InChI=1S/C38H34F2N6O2/c1-36(2,3)43-34(47)37(32-29-23-28(48-35(39)40)19-20-30(29)44-45-32)24-41-33-31(42-37)21-22-46(33)38(25-13-7-4-8-14-25,26-15-9-5-10-16-26)27-17-11-6-12-18-27/h4-24,35,42H,1-3H3,(H,43,47)(H,44,45). The normalized spacial score (nSPS) is 16.0. The fraction of sp³-hybridized carbons (Fsp3) is 0.184. The smallest absolute Gasteiger partial charge is 0.387 e. The molecule has 0 radical (unpaired) electrons. The molecule has 1 unspecified atom stereocenters. The van der Waals surface area contributed by atoms with Gasteiger partial charge >= 0.3 is 6.61 Å². The largest absolute Gasteiger partial charge is 0.435 e. The molecule has 0 spiro atoms. The van der Waals surface area contributed by atoms with E-state index in [4.69, 9.17) is 9.73 Å². The lowest BCUT2D eigenvalue weighted by atomic mass is 9.76. The van der Waals surface area contributed by atoms with E-state index in [0.717, 1.165) is 16.7 Å². The number of H-pyrrole nitrogens is 1. The van der Waals surface area contributed by atoms with Gasteiger partial charge < -0.3 is 19.9 Å². The predicted molar refractivity (Wildman–Crippen MR) is 183 cm³/mol. The second-order valence-electron chi connectivity index (χ2n) is 12.8. The molecule has 10 heteroatoms. The van der Waals surface area contributed by atoms with Gasteiger partial charge in [-0.2, -0.15) is 13.9 Å². The maximum atomic E-state index is 14.3. The van der Waals surface area contributed by atoms with Gasteiger partial charge in [-0.15, -0.1) is 0 Å². The third-order valence-corrected chi connectivity index (χ3v) is 8.49. The molecule has 3 N–H and O–H groups in total. The lowest BCUT2D eigenvalue weighted by molar-refractivity contribution is -0.125. The number of aliphatic imine (C=N–C) groups is 1. The van der Waals surface area contributed by atoms with Crippen molar-refractivity contribution in [3.05, 3.63) is 144 Å². The Hall–Kier alpha value is -5.77. The van der Waals surface area contributed by atoms with Gasteiger partial charge in [0, 0.05) is 23.3 Å². The Morgan fingerprint density at radius 1 is 0.854 bits per heavy atom. The molecule has 1 aliphatic rings. The van der Waals surface area contributed by atoms with Crippen LogP contribution >= 0.6 is 0 Å². The van der Waals surface area contributed by atoms with Crippen LogP contribution < -0.4 is 15.4 Å². The number of hydrogen-bond donors (Lipinski definition) is 3. The third kappa shape index (κ3) is 5.19. The number of rotatable bonds is 8. The second-order valence-corrected chi connectivity index (χ2v) is 12.8. The van der Waals surface area contributed by atoms with E-state index in [1.54, 1.807) is 12.3 Å². The SMILES string of the molecule is CC(C)(C)NC(=O)C1(c2n[nH]c3ccc(OC(F)F)cc23)C=Nc2c(ccn2C(c2ccccc2)(c2ccccc2)c2ccccc2)N1. The monoisotopic (exact) mass is 644 g/mol. The molecule has 1 aliphatic heterocycles. The predicted octanol–water partition coefficient (Wildman–Crippen LogP) is 7.74. The molecule has 1 amide bonds. The van der Waals surface area contributed by atoms with Crippen molar-refractivity contribution >= 4 is 34.5 Å². The van der Waals surface area contributed by atoms with Gasteiger partial charge in [0.05, 0.1) is 11.2 Å². The number of ether oxygens (including phenoxy) is 1. The summed E-state index contributed by atoms with van der Waals surface area (Å²) in [5.41, 5.74) is 1.39. The van der Waals surface area contributed by atoms with Crippen molar-refractivity contribution in [2.45, 2.75) is 44.0 Å². The van der Waals surface area contributed by atoms with E-state index in [-0.39, 0.29) is 11.4 Å². The molecule has 7 rings (SSSR count). The highest BCUT2D eigenvalue weighted by molar-refractivity contribution is 6.12. The quantitative estimate of drug-likeness (QED) is 0.148. The fourth-order valence-electron chi connectivity index (χ4n) is 6.53. The first-order valence-corrected chi connectivity index (χ1v) is 15.6. The lowest BCUT2D eigenvalue weighted by Gasteiger charge is -2.40. The number of aromatic nitrogens is 3.